The molecule has 0 atom stereocenters. The van der Waals surface area contributed by atoms with Crippen molar-refractivity contribution in [2.75, 3.05) is 32.8 Å². The minimum absolute atomic E-state index is 0.281. The quantitative estimate of drug-likeness (QED) is 0.565. The first-order chi connectivity index (χ1) is 7.20. The van der Waals surface area contributed by atoms with Gasteiger partial charge in [-0.15, -0.1) is 0 Å². The third-order valence-electron chi connectivity index (χ3n) is 2.32. The van der Waals surface area contributed by atoms with E-state index in [1.54, 1.807) is 0 Å². The van der Waals surface area contributed by atoms with Gasteiger partial charge in [-0.1, -0.05) is 6.92 Å². The van der Waals surface area contributed by atoms with Crippen molar-refractivity contribution in [2.24, 2.45) is 0 Å². The third kappa shape index (κ3) is 9.69. The maximum Gasteiger partial charge on any atom is 0.303 e. The summed E-state index contributed by atoms with van der Waals surface area (Å²) in [6, 6.07) is 0. The van der Waals surface area contributed by atoms with Crippen LogP contribution in [0.25, 0.3) is 0 Å². The molecular formula is C11H23NO3. The Morgan fingerprint density at radius 1 is 1.27 bits per heavy atom. The number of carboxylic acids is 1. The van der Waals surface area contributed by atoms with Gasteiger partial charge >= 0.3 is 5.97 Å². The van der Waals surface area contributed by atoms with Crippen LogP contribution in [0.3, 0.4) is 0 Å². The number of likely N-dealkylation sites (N-methyl/N-ethyl adjacent to an activating group) is 1. The molecule has 15 heavy (non-hydrogen) atoms. The van der Waals surface area contributed by atoms with Crippen molar-refractivity contribution < 1.29 is 14.6 Å². The van der Waals surface area contributed by atoms with Crippen molar-refractivity contribution >= 4 is 5.97 Å². The zero-order chi connectivity index (χ0) is 11.5. The van der Waals surface area contributed by atoms with Crippen LogP contribution >= 0.6 is 0 Å². The van der Waals surface area contributed by atoms with E-state index in [0.717, 1.165) is 45.7 Å². The molecule has 0 aliphatic heterocycles. The highest BCUT2D eigenvalue weighted by Gasteiger charge is 2.02. The van der Waals surface area contributed by atoms with Gasteiger partial charge in [-0.3, -0.25) is 4.79 Å². The summed E-state index contributed by atoms with van der Waals surface area (Å²) >= 11 is 0. The molecule has 0 aliphatic carbocycles. The average molecular weight is 217 g/mol. The van der Waals surface area contributed by atoms with E-state index in [2.05, 4.69) is 11.8 Å². The highest BCUT2D eigenvalue weighted by atomic mass is 16.5. The summed E-state index contributed by atoms with van der Waals surface area (Å²) in [5, 5.41) is 8.48. The lowest BCUT2D eigenvalue weighted by Gasteiger charge is -2.19. The summed E-state index contributed by atoms with van der Waals surface area (Å²) < 4.78 is 5.27. The number of unbranched alkanes of at least 4 members (excludes halogenated alkanes) is 1. The Morgan fingerprint density at radius 3 is 2.53 bits per heavy atom. The van der Waals surface area contributed by atoms with Crippen molar-refractivity contribution in [3.8, 4) is 0 Å². The summed E-state index contributed by atoms with van der Waals surface area (Å²) in [7, 11) is 0. The number of ether oxygens (including phenoxy) is 1. The van der Waals surface area contributed by atoms with Crippen LogP contribution in [-0.4, -0.2) is 48.8 Å². The van der Waals surface area contributed by atoms with Crippen molar-refractivity contribution in [3.05, 3.63) is 0 Å². The number of hydrogen-bond acceptors (Lipinski definition) is 3. The largest absolute Gasteiger partial charge is 0.481 e. The minimum atomic E-state index is -0.702. The predicted molar refractivity (Wildman–Crippen MR) is 60.1 cm³/mol. The molecule has 0 aromatic rings. The van der Waals surface area contributed by atoms with E-state index in [4.69, 9.17) is 9.84 Å². The summed E-state index contributed by atoms with van der Waals surface area (Å²) in [5.74, 6) is -0.702. The molecule has 0 aliphatic rings. The Labute approximate surface area is 92.2 Å². The second-order valence-corrected chi connectivity index (χ2v) is 3.48. The Bertz CT molecular complexity index is 162. The minimum Gasteiger partial charge on any atom is -0.481 e. The number of rotatable bonds is 10. The van der Waals surface area contributed by atoms with Crippen LogP contribution in [0.2, 0.25) is 0 Å². The topological polar surface area (TPSA) is 49.8 Å². The van der Waals surface area contributed by atoms with E-state index in [9.17, 15) is 4.79 Å². The maximum atomic E-state index is 10.3. The molecule has 90 valence electrons. The molecule has 0 aromatic carbocycles. The molecular weight excluding hydrogens is 194 g/mol. The lowest BCUT2D eigenvalue weighted by molar-refractivity contribution is -0.137. The fraction of sp³-hybridized carbons (Fsp3) is 0.909. The first kappa shape index (κ1) is 14.4. The Kier molecular flexibility index (Phi) is 9.52. The third-order valence-corrected chi connectivity index (χ3v) is 2.32. The molecule has 0 bridgehead atoms. The molecule has 0 aromatic heterocycles. The van der Waals surface area contributed by atoms with Gasteiger partial charge in [0, 0.05) is 19.6 Å². The van der Waals surface area contributed by atoms with Gasteiger partial charge in [0.05, 0.1) is 6.61 Å². The van der Waals surface area contributed by atoms with E-state index in [0.29, 0.717) is 0 Å². The first-order valence-corrected chi connectivity index (χ1v) is 5.72. The van der Waals surface area contributed by atoms with Crippen LogP contribution in [0.5, 0.6) is 0 Å². The van der Waals surface area contributed by atoms with Crippen LogP contribution < -0.4 is 0 Å². The van der Waals surface area contributed by atoms with Gasteiger partial charge in [-0.25, -0.2) is 0 Å². The second-order valence-electron chi connectivity index (χ2n) is 3.48. The summed E-state index contributed by atoms with van der Waals surface area (Å²) in [6.45, 7) is 8.54. The Hall–Kier alpha value is -0.610. The second kappa shape index (κ2) is 9.93. The van der Waals surface area contributed by atoms with E-state index in [1.807, 2.05) is 6.92 Å². The highest BCUT2D eigenvalue weighted by Crippen LogP contribution is 1.99. The van der Waals surface area contributed by atoms with Gasteiger partial charge in [0.1, 0.15) is 0 Å². The van der Waals surface area contributed by atoms with Crippen LogP contribution in [0.15, 0.2) is 0 Å². The van der Waals surface area contributed by atoms with E-state index >= 15 is 0 Å². The molecule has 0 saturated heterocycles. The van der Waals surface area contributed by atoms with Gasteiger partial charge in [0.15, 0.2) is 0 Å². The van der Waals surface area contributed by atoms with Crippen LogP contribution in [-0.2, 0) is 9.53 Å². The Morgan fingerprint density at radius 2 is 2.00 bits per heavy atom. The van der Waals surface area contributed by atoms with E-state index in [-0.39, 0.29) is 6.42 Å². The van der Waals surface area contributed by atoms with Crippen LogP contribution in [0.4, 0.5) is 0 Å². The van der Waals surface area contributed by atoms with Gasteiger partial charge in [0.25, 0.3) is 0 Å². The van der Waals surface area contributed by atoms with Crippen molar-refractivity contribution in [1.82, 2.24) is 4.90 Å². The van der Waals surface area contributed by atoms with E-state index in [1.165, 1.54) is 0 Å². The lowest BCUT2D eigenvalue weighted by Crippen LogP contribution is -2.28. The van der Waals surface area contributed by atoms with Crippen molar-refractivity contribution in [1.29, 1.82) is 0 Å². The normalized spacial score (nSPS) is 10.9. The summed E-state index contributed by atoms with van der Waals surface area (Å²) in [6.07, 6.45) is 2.00. The summed E-state index contributed by atoms with van der Waals surface area (Å²) in [5.41, 5.74) is 0. The maximum absolute atomic E-state index is 10.3. The van der Waals surface area contributed by atoms with Gasteiger partial charge in [0.2, 0.25) is 0 Å². The molecule has 4 nitrogen and oxygen atoms in total. The zero-order valence-electron chi connectivity index (χ0n) is 9.87. The molecule has 1 N–H and O–H groups in total. The average Bonchev–Trinajstić information content (AvgIpc) is 2.21. The van der Waals surface area contributed by atoms with Crippen LogP contribution in [0.1, 0.15) is 33.1 Å². The molecule has 0 spiro atoms. The number of hydrogen-bond donors (Lipinski definition) is 1. The number of carboxylic acid groups (broad SMARTS) is 1. The van der Waals surface area contributed by atoms with Crippen molar-refractivity contribution in [3.63, 3.8) is 0 Å². The number of aliphatic carboxylic acids is 1. The predicted octanol–water partition coefficient (Wildman–Crippen LogP) is 1.60. The molecule has 0 heterocycles. The molecule has 0 rings (SSSR count). The molecule has 4 heteroatoms. The highest BCUT2D eigenvalue weighted by molar-refractivity contribution is 5.66. The standard InChI is InChI=1S/C11H23NO3/c1-3-12(9-10-15-4-2)8-6-5-7-11(13)14/h3-10H2,1-2H3,(H,13,14). The smallest absolute Gasteiger partial charge is 0.303 e. The zero-order valence-corrected chi connectivity index (χ0v) is 9.87. The number of carbonyl (C=O) groups is 1. The van der Waals surface area contributed by atoms with Gasteiger partial charge < -0.3 is 14.7 Å². The molecule has 0 fully saturated rings. The monoisotopic (exact) mass is 217 g/mol. The van der Waals surface area contributed by atoms with Crippen LogP contribution in [0, 0.1) is 0 Å². The fourth-order valence-corrected chi connectivity index (χ4v) is 1.38. The first-order valence-electron chi connectivity index (χ1n) is 5.72. The fourth-order valence-electron chi connectivity index (χ4n) is 1.38. The van der Waals surface area contributed by atoms with E-state index < -0.39 is 5.97 Å². The van der Waals surface area contributed by atoms with Crippen molar-refractivity contribution in [2.45, 2.75) is 33.1 Å². The number of nitrogens with zero attached hydrogens (tertiary/aromatic N) is 1. The molecule has 0 saturated carbocycles. The molecule has 0 radical (unpaired) electrons. The lowest BCUT2D eigenvalue weighted by atomic mass is 10.2. The SMILES string of the molecule is CCOCCN(CC)CCCCC(=O)O. The van der Waals surface area contributed by atoms with Gasteiger partial charge in [-0.2, -0.15) is 0 Å². The summed E-state index contributed by atoms with van der Waals surface area (Å²) in [4.78, 5) is 12.6. The molecule has 0 amide bonds. The van der Waals surface area contributed by atoms with Gasteiger partial charge in [-0.05, 0) is 32.9 Å². The Balaban J connectivity index is 3.39. The molecule has 0 unspecified atom stereocenters.